The van der Waals surface area contributed by atoms with Crippen molar-refractivity contribution in [3.05, 3.63) is 60.1 Å². The SMILES string of the molecule is CC(CCc1ccccc1)NC(=O)NCC(c1ccco1)N1CCCC1. The quantitative estimate of drug-likeness (QED) is 0.758. The topological polar surface area (TPSA) is 57.5 Å². The molecule has 140 valence electrons. The molecule has 2 amide bonds. The molecule has 1 fully saturated rings. The number of benzene rings is 1. The Bertz CT molecular complexity index is 651. The lowest BCUT2D eigenvalue weighted by atomic mass is 10.1. The van der Waals surface area contributed by atoms with E-state index in [-0.39, 0.29) is 18.1 Å². The van der Waals surface area contributed by atoms with Gasteiger partial charge >= 0.3 is 6.03 Å². The molecule has 0 spiro atoms. The van der Waals surface area contributed by atoms with Crippen LogP contribution in [0.15, 0.2) is 53.1 Å². The van der Waals surface area contributed by atoms with Crippen LogP contribution in [0.3, 0.4) is 0 Å². The molecule has 5 heteroatoms. The Labute approximate surface area is 155 Å². The summed E-state index contributed by atoms with van der Waals surface area (Å²) in [6.45, 7) is 4.72. The van der Waals surface area contributed by atoms with Gasteiger partial charge in [0.15, 0.2) is 0 Å². The molecular formula is C21H29N3O2. The van der Waals surface area contributed by atoms with Crippen molar-refractivity contribution in [2.75, 3.05) is 19.6 Å². The average molecular weight is 355 g/mol. The Morgan fingerprint density at radius 3 is 2.62 bits per heavy atom. The number of nitrogens with one attached hydrogen (secondary N) is 2. The van der Waals surface area contributed by atoms with Crippen LogP contribution in [0.1, 0.15) is 43.6 Å². The van der Waals surface area contributed by atoms with Gasteiger partial charge in [-0.2, -0.15) is 0 Å². The third-order valence-corrected chi connectivity index (χ3v) is 5.00. The number of likely N-dealkylation sites (tertiary alicyclic amines) is 1. The van der Waals surface area contributed by atoms with Crippen LogP contribution in [0.2, 0.25) is 0 Å². The van der Waals surface area contributed by atoms with Crippen molar-refractivity contribution in [2.24, 2.45) is 0 Å². The maximum atomic E-state index is 12.3. The number of rotatable bonds is 8. The van der Waals surface area contributed by atoms with Gasteiger partial charge in [0.2, 0.25) is 0 Å². The van der Waals surface area contributed by atoms with E-state index in [0.29, 0.717) is 6.54 Å². The second kappa shape index (κ2) is 9.43. The van der Waals surface area contributed by atoms with Crippen LogP contribution in [0.4, 0.5) is 4.79 Å². The summed E-state index contributed by atoms with van der Waals surface area (Å²) in [6.07, 6.45) is 6.00. The fourth-order valence-electron chi connectivity index (χ4n) is 3.51. The van der Waals surface area contributed by atoms with Gasteiger partial charge in [-0.15, -0.1) is 0 Å². The van der Waals surface area contributed by atoms with E-state index in [1.165, 1.54) is 18.4 Å². The molecule has 1 aliphatic heterocycles. The number of furan rings is 1. The first kappa shape index (κ1) is 18.5. The van der Waals surface area contributed by atoms with E-state index in [9.17, 15) is 4.79 Å². The summed E-state index contributed by atoms with van der Waals surface area (Å²) in [5, 5.41) is 6.07. The standard InChI is InChI=1S/C21H29N3O2/c1-17(11-12-18-8-3-2-4-9-18)23-21(25)22-16-19(20-10-7-15-26-20)24-13-5-6-14-24/h2-4,7-10,15,17,19H,5-6,11-14,16H2,1H3,(H2,22,23,25). The van der Waals surface area contributed by atoms with E-state index in [1.807, 2.05) is 37.3 Å². The van der Waals surface area contributed by atoms with Crippen molar-refractivity contribution in [1.82, 2.24) is 15.5 Å². The molecule has 0 saturated carbocycles. The molecule has 1 aliphatic rings. The minimum absolute atomic E-state index is 0.109. The summed E-state index contributed by atoms with van der Waals surface area (Å²) in [4.78, 5) is 14.7. The zero-order chi connectivity index (χ0) is 18.2. The fourth-order valence-corrected chi connectivity index (χ4v) is 3.51. The molecule has 2 unspecified atom stereocenters. The van der Waals surface area contributed by atoms with Crippen LogP contribution in [0.25, 0.3) is 0 Å². The minimum atomic E-state index is -0.110. The lowest BCUT2D eigenvalue weighted by Crippen LogP contribution is -2.44. The molecular weight excluding hydrogens is 326 g/mol. The highest BCUT2D eigenvalue weighted by Crippen LogP contribution is 2.24. The summed E-state index contributed by atoms with van der Waals surface area (Å²) in [6, 6.07) is 14.4. The van der Waals surface area contributed by atoms with E-state index in [2.05, 4.69) is 27.7 Å². The third kappa shape index (κ3) is 5.36. The summed E-state index contributed by atoms with van der Waals surface area (Å²) in [7, 11) is 0. The molecule has 0 radical (unpaired) electrons. The smallest absolute Gasteiger partial charge is 0.315 e. The Kier molecular flexibility index (Phi) is 6.72. The molecule has 2 atom stereocenters. The molecule has 2 N–H and O–H groups in total. The van der Waals surface area contributed by atoms with E-state index in [1.54, 1.807) is 6.26 Å². The zero-order valence-electron chi connectivity index (χ0n) is 15.5. The van der Waals surface area contributed by atoms with Gasteiger partial charge in [-0.1, -0.05) is 30.3 Å². The second-order valence-electron chi connectivity index (χ2n) is 7.05. The van der Waals surface area contributed by atoms with Gasteiger partial charge in [-0.05, 0) is 63.4 Å². The molecule has 5 nitrogen and oxygen atoms in total. The van der Waals surface area contributed by atoms with Crippen LogP contribution in [-0.4, -0.2) is 36.6 Å². The van der Waals surface area contributed by atoms with Crippen LogP contribution >= 0.6 is 0 Å². The first-order valence-electron chi connectivity index (χ1n) is 9.58. The largest absolute Gasteiger partial charge is 0.468 e. The highest BCUT2D eigenvalue weighted by atomic mass is 16.3. The van der Waals surface area contributed by atoms with E-state index in [4.69, 9.17) is 4.42 Å². The summed E-state index contributed by atoms with van der Waals surface area (Å²) < 4.78 is 5.60. The molecule has 3 rings (SSSR count). The summed E-state index contributed by atoms with van der Waals surface area (Å²) >= 11 is 0. The number of carbonyl (C=O) groups excluding carboxylic acids is 1. The normalized spacial score (nSPS) is 17.0. The van der Waals surface area contributed by atoms with Crippen LogP contribution < -0.4 is 10.6 Å². The Morgan fingerprint density at radius 2 is 1.92 bits per heavy atom. The van der Waals surface area contributed by atoms with Crippen LogP contribution in [0.5, 0.6) is 0 Å². The molecule has 1 aromatic heterocycles. The second-order valence-corrected chi connectivity index (χ2v) is 7.05. The maximum absolute atomic E-state index is 12.3. The molecule has 2 aromatic rings. The third-order valence-electron chi connectivity index (χ3n) is 5.00. The first-order valence-corrected chi connectivity index (χ1v) is 9.58. The summed E-state index contributed by atoms with van der Waals surface area (Å²) in [5.41, 5.74) is 1.30. The molecule has 1 aromatic carbocycles. The van der Waals surface area contributed by atoms with Gasteiger partial charge < -0.3 is 15.1 Å². The van der Waals surface area contributed by atoms with Crippen molar-refractivity contribution in [2.45, 2.75) is 44.7 Å². The molecule has 0 bridgehead atoms. The van der Waals surface area contributed by atoms with Crippen LogP contribution in [-0.2, 0) is 6.42 Å². The average Bonchev–Trinajstić information content (AvgIpc) is 3.35. The zero-order valence-corrected chi connectivity index (χ0v) is 15.5. The van der Waals surface area contributed by atoms with Gasteiger partial charge in [-0.25, -0.2) is 4.79 Å². The maximum Gasteiger partial charge on any atom is 0.315 e. The summed E-state index contributed by atoms with van der Waals surface area (Å²) in [5.74, 6) is 0.921. The molecule has 0 aliphatic carbocycles. The first-order chi connectivity index (χ1) is 12.7. The molecule has 26 heavy (non-hydrogen) atoms. The number of hydrogen-bond donors (Lipinski definition) is 2. The number of hydrogen-bond acceptors (Lipinski definition) is 3. The minimum Gasteiger partial charge on any atom is -0.468 e. The Morgan fingerprint density at radius 1 is 1.15 bits per heavy atom. The lowest BCUT2D eigenvalue weighted by molar-refractivity contribution is 0.202. The van der Waals surface area contributed by atoms with E-state index < -0.39 is 0 Å². The predicted molar refractivity (Wildman–Crippen MR) is 103 cm³/mol. The van der Waals surface area contributed by atoms with Gasteiger partial charge in [-0.3, -0.25) is 4.90 Å². The van der Waals surface area contributed by atoms with Crippen molar-refractivity contribution < 1.29 is 9.21 Å². The van der Waals surface area contributed by atoms with Crippen molar-refractivity contribution in [1.29, 1.82) is 0 Å². The highest BCUT2D eigenvalue weighted by Gasteiger charge is 2.26. The van der Waals surface area contributed by atoms with Crippen molar-refractivity contribution >= 4 is 6.03 Å². The lowest BCUT2D eigenvalue weighted by Gasteiger charge is -2.26. The number of carbonyl (C=O) groups is 1. The van der Waals surface area contributed by atoms with Gasteiger partial charge in [0.25, 0.3) is 0 Å². The molecule has 2 heterocycles. The molecule has 1 saturated heterocycles. The van der Waals surface area contributed by atoms with E-state index >= 15 is 0 Å². The Balaban J connectivity index is 1.44. The van der Waals surface area contributed by atoms with Crippen molar-refractivity contribution in [3.8, 4) is 0 Å². The van der Waals surface area contributed by atoms with E-state index in [0.717, 1.165) is 31.7 Å². The fraction of sp³-hybridized carbons (Fsp3) is 0.476. The number of nitrogens with zero attached hydrogens (tertiary/aromatic N) is 1. The van der Waals surface area contributed by atoms with Crippen molar-refractivity contribution in [3.63, 3.8) is 0 Å². The monoisotopic (exact) mass is 355 g/mol. The predicted octanol–water partition coefficient (Wildman–Crippen LogP) is 3.74. The Hall–Kier alpha value is -2.27. The highest BCUT2D eigenvalue weighted by molar-refractivity contribution is 5.74. The van der Waals surface area contributed by atoms with Gasteiger partial charge in [0, 0.05) is 12.6 Å². The number of urea groups is 1. The van der Waals surface area contributed by atoms with Gasteiger partial charge in [0.1, 0.15) is 5.76 Å². The number of amides is 2. The van der Waals surface area contributed by atoms with Gasteiger partial charge in [0.05, 0.1) is 12.3 Å². The number of aryl methyl sites for hydroxylation is 1. The van der Waals surface area contributed by atoms with Crippen LogP contribution in [0, 0.1) is 0 Å².